The quantitative estimate of drug-likeness (QED) is 0.601. The maximum atomic E-state index is 11.3. The van der Waals surface area contributed by atoms with Crippen LogP contribution < -0.4 is 5.32 Å². The average Bonchev–Trinajstić information content (AvgIpc) is 3.05. The number of benzene rings is 1. The summed E-state index contributed by atoms with van der Waals surface area (Å²) in [5.41, 5.74) is 5.24. The molecule has 0 fully saturated rings. The number of hydrogen-bond donors (Lipinski definition) is 2. The molecule has 122 valence electrons. The van der Waals surface area contributed by atoms with Gasteiger partial charge in [-0.25, -0.2) is 4.98 Å². The van der Waals surface area contributed by atoms with E-state index < -0.39 is 0 Å². The van der Waals surface area contributed by atoms with Crippen LogP contribution in [0.1, 0.15) is 6.92 Å². The molecule has 3 heterocycles. The van der Waals surface area contributed by atoms with E-state index in [9.17, 15) is 4.79 Å². The fraction of sp³-hybridized carbons (Fsp3) is 0.0526. The monoisotopic (exact) mass is 329 g/mol. The first-order valence-corrected chi connectivity index (χ1v) is 7.82. The fourth-order valence-corrected chi connectivity index (χ4v) is 2.79. The summed E-state index contributed by atoms with van der Waals surface area (Å²) >= 11 is 0. The van der Waals surface area contributed by atoms with Crippen LogP contribution in [0.2, 0.25) is 0 Å². The molecule has 0 spiro atoms. The smallest absolute Gasteiger partial charge is 0.221 e. The summed E-state index contributed by atoms with van der Waals surface area (Å²) in [4.78, 5) is 27.4. The highest BCUT2D eigenvalue weighted by atomic mass is 16.1. The number of amides is 1. The highest BCUT2D eigenvalue weighted by Crippen LogP contribution is 2.30. The molecule has 0 saturated carbocycles. The Balaban J connectivity index is 1.80. The molecule has 25 heavy (non-hydrogen) atoms. The third kappa shape index (κ3) is 2.97. The number of hydrogen-bond acceptors (Lipinski definition) is 4. The van der Waals surface area contributed by atoms with Gasteiger partial charge in [-0.2, -0.15) is 0 Å². The standard InChI is InChI=1S/C19H15N5O/c1-12(25)24-15-4-2-3-13(7-15)14-8-16-17(10-23-19(16)22-9-14)18-11-20-5-6-21-18/h2-11H,1H3,(H,22,23)(H,24,25). The van der Waals surface area contributed by atoms with Gasteiger partial charge in [0.05, 0.1) is 11.9 Å². The van der Waals surface area contributed by atoms with Gasteiger partial charge in [0.1, 0.15) is 5.65 Å². The van der Waals surface area contributed by atoms with Gasteiger partial charge in [-0.05, 0) is 23.8 Å². The number of aromatic nitrogens is 4. The van der Waals surface area contributed by atoms with Gasteiger partial charge in [-0.15, -0.1) is 0 Å². The molecule has 1 aromatic carbocycles. The van der Waals surface area contributed by atoms with E-state index >= 15 is 0 Å². The van der Waals surface area contributed by atoms with Crippen molar-refractivity contribution in [3.63, 3.8) is 0 Å². The van der Waals surface area contributed by atoms with Crippen LogP contribution >= 0.6 is 0 Å². The zero-order valence-corrected chi connectivity index (χ0v) is 13.5. The number of carbonyl (C=O) groups excluding carboxylic acids is 1. The van der Waals surface area contributed by atoms with E-state index in [0.29, 0.717) is 0 Å². The predicted octanol–water partition coefficient (Wildman–Crippen LogP) is 3.65. The molecule has 0 saturated heterocycles. The van der Waals surface area contributed by atoms with E-state index in [4.69, 9.17) is 0 Å². The van der Waals surface area contributed by atoms with Gasteiger partial charge < -0.3 is 10.3 Å². The van der Waals surface area contributed by atoms with E-state index in [1.807, 2.05) is 36.7 Å². The summed E-state index contributed by atoms with van der Waals surface area (Å²) in [6, 6.07) is 9.75. The minimum atomic E-state index is -0.0960. The second-order valence-corrected chi connectivity index (χ2v) is 5.68. The zero-order valence-electron chi connectivity index (χ0n) is 13.5. The first-order chi connectivity index (χ1) is 12.2. The Morgan fingerprint density at radius 1 is 1.08 bits per heavy atom. The van der Waals surface area contributed by atoms with Crippen molar-refractivity contribution < 1.29 is 4.79 Å². The number of carbonyl (C=O) groups is 1. The predicted molar refractivity (Wildman–Crippen MR) is 96.9 cm³/mol. The Morgan fingerprint density at radius 2 is 2.00 bits per heavy atom. The van der Waals surface area contributed by atoms with Crippen molar-refractivity contribution in [3.05, 3.63) is 61.3 Å². The summed E-state index contributed by atoms with van der Waals surface area (Å²) in [6.45, 7) is 1.49. The van der Waals surface area contributed by atoms with Crippen LogP contribution in [0.4, 0.5) is 5.69 Å². The Hall–Kier alpha value is -3.54. The Morgan fingerprint density at radius 3 is 2.80 bits per heavy atom. The maximum Gasteiger partial charge on any atom is 0.221 e. The van der Waals surface area contributed by atoms with E-state index in [1.165, 1.54) is 6.92 Å². The molecule has 6 nitrogen and oxygen atoms in total. The summed E-state index contributed by atoms with van der Waals surface area (Å²) in [7, 11) is 0. The number of rotatable bonds is 3. The molecular weight excluding hydrogens is 314 g/mol. The lowest BCUT2D eigenvalue weighted by Crippen LogP contribution is -2.05. The van der Waals surface area contributed by atoms with Gasteiger partial charge in [0, 0.05) is 53.9 Å². The molecule has 2 N–H and O–H groups in total. The van der Waals surface area contributed by atoms with Crippen molar-refractivity contribution >= 4 is 22.6 Å². The average molecular weight is 329 g/mol. The first kappa shape index (κ1) is 15.0. The number of anilines is 1. The third-order valence-corrected chi connectivity index (χ3v) is 3.89. The molecule has 4 rings (SSSR count). The topological polar surface area (TPSA) is 83.6 Å². The number of H-pyrrole nitrogens is 1. The van der Waals surface area contributed by atoms with Crippen LogP contribution in [-0.2, 0) is 4.79 Å². The minimum Gasteiger partial charge on any atom is -0.345 e. The molecule has 0 aliphatic carbocycles. The molecule has 0 bridgehead atoms. The van der Waals surface area contributed by atoms with Crippen LogP contribution in [0.15, 0.2) is 61.3 Å². The normalized spacial score (nSPS) is 10.8. The second-order valence-electron chi connectivity index (χ2n) is 5.68. The van der Waals surface area contributed by atoms with Gasteiger partial charge in [0.2, 0.25) is 5.91 Å². The van der Waals surface area contributed by atoms with Crippen LogP contribution in [0.5, 0.6) is 0 Å². The van der Waals surface area contributed by atoms with Crippen LogP contribution in [-0.4, -0.2) is 25.8 Å². The number of pyridine rings is 1. The Bertz CT molecular complexity index is 1060. The SMILES string of the molecule is CC(=O)Nc1cccc(-c2cnc3[nH]cc(-c4cnccn4)c3c2)c1. The largest absolute Gasteiger partial charge is 0.345 e. The number of nitrogens with one attached hydrogen (secondary N) is 2. The molecule has 0 atom stereocenters. The zero-order chi connectivity index (χ0) is 17.2. The highest BCUT2D eigenvalue weighted by Gasteiger charge is 2.10. The summed E-state index contributed by atoms with van der Waals surface area (Å²) in [5.74, 6) is -0.0960. The lowest BCUT2D eigenvalue weighted by Gasteiger charge is -2.06. The lowest BCUT2D eigenvalue weighted by atomic mass is 10.0. The van der Waals surface area contributed by atoms with Crippen molar-refractivity contribution in [2.24, 2.45) is 0 Å². The molecule has 0 unspecified atom stereocenters. The maximum absolute atomic E-state index is 11.3. The summed E-state index contributed by atoms with van der Waals surface area (Å²) < 4.78 is 0. The van der Waals surface area contributed by atoms with Crippen LogP contribution in [0.25, 0.3) is 33.4 Å². The molecule has 4 aromatic rings. The van der Waals surface area contributed by atoms with E-state index in [1.54, 1.807) is 18.6 Å². The second kappa shape index (κ2) is 6.16. The molecular formula is C19H15N5O. The van der Waals surface area contributed by atoms with Gasteiger partial charge in [-0.1, -0.05) is 12.1 Å². The van der Waals surface area contributed by atoms with Gasteiger partial charge in [0.25, 0.3) is 0 Å². The molecule has 0 radical (unpaired) electrons. The molecule has 0 aliphatic rings. The molecule has 0 aliphatic heterocycles. The third-order valence-electron chi connectivity index (χ3n) is 3.89. The van der Waals surface area contributed by atoms with Gasteiger partial charge in [0.15, 0.2) is 0 Å². The van der Waals surface area contributed by atoms with Gasteiger partial charge >= 0.3 is 0 Å². The summed E-state index contributed by atoms with van der Waals surface area (Å²) in [6.07, 6.45) is 8.75. The van der Waals surface area contributed by atoms with Crippen molar-refractivity contribution in [1.29, 1.82) is 0 Å². The van der Waals surface area contributed by atoms with Gasteiger partial charge in [-0.3, -0.25) is 14.8 Å². The van der Waals surface area contributed by atoms with Crippen LogP contribution in [0.3, 0.4) is 0 Å². The Labute approximate surface area is 144 Å². The summed E-state index contributed by atoms with van der Waals surface area (Å²) in [5, 5.41) is 3.78. The van der Waals surface area contributed by atoms with Crippen molar-refractivity contribution in [2.75, 3.05) is 5.32 Å². The number of aromatic amines is 1. The fourth-order valence-electron chi connectivity index (χ4n) is 2.79. The van der Waals surface area contributed by atoms with E-state index in [2.05, 4.69) is 31.3 Å². The minimum absolute atomic E-state index is 0.0960. The Kier molecular flexibility index (Phi) is 3.70. The van der Waals surface area contributed by atoms with Crippen molar-refractivity contribution in [3.8, 4) is 22.4 Å². The van der Waals surface area contributed by atoms with E-state index in [0.717, 1.165) is 39.1 Å². The van der Waals surface area contributed by atoms with E-state index in [-0.39, 0.29) is 5.91 Å². The number of nitrogens with zero attached hydrogens (tertiary/aromatic N) is 3. The molecule has 3 aromatic heterocycles. The first-order valence-electron chi connectivity index (χ1n) is 7.82. The highest BCUT2D eigenvalue weighted by molar-refractivity contribution is 5.95. The molecule has 6 heteroatoms. The lowest BCUT2D eigenvalue weighted by molar-refractivity contribution is -0.114. The van der Waals surface area contributed by atoms with Crippen molar-refractivity contribution in [1.82, 2.24) is 19.9 Å². The van der Waals surface area contributed by atoms with Crippen molar-refractivity contribution in [2.45, 2.75) is 6.92 Å². The number of fused-ring (bicyclic) bond motifs is 1. The van der Waals surface area contributed by atoms with Crippen LogP contribution in [0, 0.1) is 0 Å². The molecule has 1 amide bonds.